The lowest BCUT2D eigenvalue weighted by molar-refractivity contribution is -0.114. The fraction of sp³-hybridized carbons (Fsp3) is 0.136. The van der Waals surface area contributed by atoms with E-state index in [2.05, 4.69) is 5.32 Å². The first-order valence-electron chi connectivity index (χ1n) is 9.20. The molecule has 6 nitrogen and oxygen atoms in total. The van der Waals surface area contributed by atoms with E-state index in [0.717, 1.165) is 28.1 Å². The third kappa shape index (κ3) is 4.83. The summed E-state index contributed by atoms with van der Waals surface area (Å²) in [7, 11) is -2.83. The van der Waals surface area contributed by atoms with Gasteiger partial charge < -0.3 is 10.1 Å². The number of carbonyl (C=O) groups is 1. The number of ether oxygens (including phenoxy) is 1. The molecule has 31 heavy (non-hydrogen) atoms. The summed E-state index contributed by atoms with van der Waals surface area (Å²) < 4.78 is 60.8. The minimum atomic E-state index is -4.21. The number of amides is 1. The summed E-state index contributed by atoms with van der Waals surface area (Å²) in [5.41, 5.74) is 0.195. The fourth-order valence-electron chi connectivity index (χ4n) is 2.94. The first kappa shape index (κ1) is 22.2. The topological polar surface area (TPSA) is 75.7 Å². The summed E-state index contributed by atoms with van der Waals surface area (Å²) in [6.07, 6.45) is 0. The van der Waals surface area contributed by atoms with E-state index in [4.69, 9.17) is 4.74 Å². The van der Waals surface area contributed by atoms with Gasteiger partial charge in [-0.2, -0.15) is 0 Å². The second-order valence-corrected chi connectivity index (χ2v) is 8.51. The van der Waals surface area contributed by atoms with Crippen molar-refractivity contribution in [2.24, 2.45) is 0 Å². The van der Waals surface area contributed by atoms with Crippen molar-refractivity contribution in [3.8, 4) is 5.75 Å². The van der Waals surface area contributed by atoms with Crippen LogP contribution in [0, 0.1) is 18.6 Å². The zero-order chi connectivity index (χ0) is 22.6. The number of rotatable bonds is 7. The van der Waals surface area contributed by atoms with Gasteiger partial charge in [-0.05, 0) is 48.9 Å². The van der Waals surface area contributed by atoms with E-state index in [9.17, 15) is 22.0 Å². The molecule has 162 valence electrons. The van der Waals surface area contributed by atoms with Crippen LogP contribution in [-0.2, 0) is 14.8 Å². The molecule has 0 fully saturated rings. The number of nitrogens with zero attached hydrogens (tertiary/aromatic N) is 1. The van der Waals surface area contributed by atoms with Crippen LogP contribution in [0.4, 0.5) is 20.2 Å². The summed E-state index contributed by atoms with van der Waals surface area (Å²) in [5, 5.41) is 2.12. The number of halogens is 2. The van der Waals surface area contributed by atoms with Crippen LogP contribution in [-0.4, -0.2) is 28.0 Å². The normalized spacial score (nSPS) is 11.1. The van der Waals surface area contributed by atoms with Gasteiger partial charge in [0.05, 0.1) is 17.7 Å². The van der Waals surface area contributed by atoms with Crippen molar-refractivity contribution in [1.82, 2.24) is 0 Å². The van der Waals surface area contributed by atoms with E-state index in [-0.39, 0.29) is 16.3 Å². The van der Waals surface area contributed by atoms with Crippen molar-refractivity contribution in [2.75, 3.05) is 23.3 Å². The van der Waals surface area contributed by atoms with E-state index in [0.29, 0.717) is 0 Å². The van der Waals surface area contributed by atoms with Gasteiger partial charge in [0.2, 0.25) is 5.91 Å². The number of aryl methyl sites for hydroxylation is 1. The Bertz CT molecular complexity index is 1180. The molecular weight excluding hydrogens is 426 g/mol. The number of carbonyl (C=O) groups excluding carboxylic acids is 1. The lowest BCUT2D eigenvalue weighted by Gasteiger charge is -2.26. The SMILES string of the molecule is COc1ccc(C)cc1N(CC(=O)Nc1c(F)cccc1F)S(=O)(=O)c1ccccc1. The van der Waals surface area contributed by atoms with Crippen molar-refractivity contribution in [3.05, 3.63) is 83.9 Å². The molecule has 0 aromatic heterocycles. The number of sulfonamides is 1. The number of benzene rings is 3. The highest BCUT2D eigenvalue weighted by Crippen LogP contribution is 2.33. The van der Waals surface area contributed by atoms with Crippen LogP contribution < -0.4 is 14.4 Å². The highest BCUT2D eigenvalue weighted by molar-refractivity contribution is 7.92. The fourth-order valence-corrected chi connectivity index (χ4v) is 4.39. The van der Waals surface area contributed by atoms with Gasteiger partial charge in [0.15, 0.2) is 0 Å². The molecule has 3 rings (SSSR count). The summed E-state index contributed by atoms with van der Waals surface area (Å²) in [6, 6.07) is 15.5. The Hall–Kier alpha value is -3.46. The van der Waals surface area contributed by atoms with Crippen LogP contribution in [0.15, 0.2) is 71.6 Å². The predicted molar refractivity (Wildman–Crippen MR) is 114 cm³/mol. The Labute approximate surface area is 179 Å². The third-order valence-corrected chi connectivity index (χ3v) is 6.22. The van der Waals surface area contributed by atoms with E-state index >= 15 is 0 Å². The second kappa shape index (κ2) is 9.13. The van der Waals surface area contributed by atoms with Gasteiger partial charge in [-0.25, -0.2) is 17.2 Å². The zero-order valence-electron chi connectivity index (χ0n) is 16.8. The lowest BCUT2D eigenvalue weighted by Crippen LogP contribution is -2.38. The summed E-state index contributed by atoms with van der Waals surface area (Å²) >= 11 is 0. The van der Waals surface area contributed by atoms with E-state index in [1.54, 1.807) is 43.3 Å². The van der Waals surface area contributed by atoms with Gasteiger partial charge >= 0.3 is 0 Å². The molecule has 1 amide bonds. The number of hydrogen-bond donors (Lipinski definition) is 1. The zero-order valence-corrected chi connectivity index (χ0v) is 17.6. The lowest BCUT2D eigenvalue weighted by atomic mass is 10.2. The monoisotopic (exact) mass is 446 g/mol. The Morgan fingerprint density at radius 1 is 1.00 bits per heavy atom. The molecule has 0 aliphatic carbocycles. The molecule has 0 saturated heterocycles. The Balaban J connectivity index is 2.05. The number of para-hydroxylation sites is 1. The van der Waals surface area contributed by atoms with Crippen LogP contribution in [0.25, 0.3) is 0 Å². The molecule has 1 N–H and O–H groups in total. The maximum atomic E-state index is 13.9. The number of nitrogens with one attached hydrogen (secondary N) is 1. The average molecular weight is 446 g/mol. The standard InChI is InChI=1S/C22H20F2N2O4S/c1-15-11-12-20(30-2)19(13-15)26(31(28,29)16-7-4-3-5-8-16)14-21(27)25-22-17(23)9-6-10-18(22)24/h3-13H,14H2,1-2H3,(H,25,27). The van der Waals surface area contributed by atoms with Crippen LogP contribution >= 0.6 is 0 Å². The highest BCUT2D eigenvalue weighted by atomic mass is 32.2. The first-order valence-corrected chi connectivity index (χ1v) is 10.6. The minimum Gasteiger partial charge on any atom is -0.495 e. The second-order valence-electron chi connectivity index (χ2n) is 6.64. The molecule has 0 atom stereocenters. The molecule has 0 heterocycles. The van der Waals surface area contributed by atoms with Crippen molar-refractivity contribution in [2.45, 2.75) is 11.8 Å². The minimum absolute atomic E-state index is 0.0524. The molecule has 0 saturated carbocycles. The third-order valence-electron chi connectivity index (χ3n) is 4.45. The molecule has 3 aromatic rings. The van der Waals surface area contributed by atoms with Crippen molar-refractivity contribution in [3.63, 3.8) is 0 Å². The van der Waals surface area contributed by atoms with Crippen LogP contribution in [0.5, 0.6) is 5.75 Å². The summed E-state index contributed by atoms with van der Waals surface area (Å²) in [4.78, 5) is 12.6. The van der Waals surface area contributed by atoms with E-state index in [1.165, 1.54) is 19.2 Å². The van der Waals surface area contributed by atoms with Crippen molar-refractivity contribution >= 4 is 27.3 Å². The smallest absolute Gasteiger partial charge is 0.264 e. The molecule has 0 bridgehead atoms. The molecule has 0 radical (unpaired) electrons. The van der Waals surface area contributed by atoms with Crippen LogP contribution in [0.3, 0.4) is 0 Å². The maximum Gasteiger partial charge on any atom is 0.264 e. The van der Waals surface area contributed by atoms with E-state index in [1.807, 2.05) is 0 Å². The number of methoxy groups -OCH3 is 1. The number of anilines is 2. The Kier molecular flexibility index (Phi) is 6.55. The maximum absolute atomic E-state index is 13.9. The number of hydrogen-bond acceptors (Lipinski definition) is 4. The molecular formula is C22H20F2N2O4S. The average Bonchev–Trinajstić information content (AvgIpc) is 2.75. The Morgan fingerprint density at radius 3 is 2.26 bits per heavy atom. The molecule has 0 aliphatic heterocycles. The van der Waals surface area contributed by atoms with Crippen LogP contribution in [0.2, 0.25) is 0 Å². The molecule has 0 spiro atoms. The molecule has 9 heteroatoms. The quantitative estimate of drug-likeness (QED) is 0.593. The van der Waals surface area contributed by atoms with Gasteiger partial charge in [-0.3, -0.25) is 9.10 Å². The van der Waals surface area contributed by atoms with Gasteiger partial charge in [0.25, 0.3) is 10.0 Å². The molecule has 3 aromatic carbocycles. The van der Waals surface area contributed by atoms with Crippen molar-refractivity contribution in [1.29, 1.82) is 0 Å². The van der Waals surface area contributed by atoms with Crippen LogP contribution in [0.1, 0.15) is 5.56 Å². The highest BCUT2D eigenvalue weighted by Gasteiger charge is 2.30. The molecule has 0 unspecified atom stereocenters. The summed E-state index contributed by atoms with van der Waals surface area (Å²) in [6.45, 7) is 1.02. The largest absolute Gasteiger partial charge is 0.495 e. The predicted octanol–water partition coefficient (Wildman–Crippen LogP) is 4.12. The summed E-state index contributed by atoms with van der Waals surface area (Å²) in [5.74, 6) is -2.65. The van der Waals surface area contributed by atoms with Crippen molar-refractivity contribution < 1.29 is 26.7 Å². The van der Waals surface area contributed by atoms with Gasteiger partial charge in [-0.15, -0.1) is 0 Å². The molecule has 0 aliphatic rings. The van der Waals surface area contributed by atoms with Gasteiger partial charge in [0.1, 0.15) is 29.6 Å². The van der Waals surface area contributed by atoms with E-state index < -0.39 is 39.8 Å². The first-order chi connectivity index (χ1) is 14.7. The van der Waals surface area contributed by atoms with Gasteiger partial charge in [0, 0.05) is 0 Å². The Morgan fingerprint density at radius 2 is 1.65 bits per heavy atom. The van der Waals surface area contributed by atoms with Gasteiger partial charge in [-0.1, -0.05) is 30.3 Å².